The molecule has 3 aromatic rings. The molecule has 5 nitrogen and oxygen atoms in total. The quantitative estimate of drug-likeness (QED) is 0.514. The average molecular weight is 425 g/mol. The minimum absolute atomic E-state index is 0.0205. The standard InChI is InChI=1S/C24H28N2O3S/c1-2-29-24(28)20-11-7-13-25(17-20)22(27)21-16-19-12-15-30-23(19)26(21)14-6-10-18-8-4-3-5-9-18/h3-5,8-9,12,15-16,20H,2,6-7,10-11,13-14,17H2,1H3/t20-/m1/s1. The summed E-state index contributed by atoms with van der Waals surface area (Å²) in [5.41, 5.74) is 2.04. The maximum atomic E-state index is 13.4. The molecule has 30 heavy (non-hydrogen) atoms. The van der Waals surface area contributed by atoms with Gasteiger partial charge in [-0.05, 0) is 55.7 Å². The van der Waals surface area contributed by atoms with Crippen molar-refractivity contribution in [2.75, 3.05) is 19.7 Å². The van der Waals surface area contributed by atoms with Crippen molar-refractivity contribution < 1.29 is 14.3 Å². The van der Waals surface area contributed by atoms with Gasteiger partial charge in [0.1, 0.15) is 10.5 Å². The molecule has 0 bridgehead atoms. The number of rotatable bonds is 7. The molecule has 4 rings (SSSR count). The Balaban J connectivity index is 1.50. The lowest BCUT2D eigenvalue weighted by Crippen LogP contribution is -2.43. The highest BCUT2D eigenvalue weighted by atomic mass is 32.1. The van der Waals surface area contributed by atoms with Crippen molar-refractivity contribution in [1.29, 1.82) is 0 Å². The largest absolute Gasteiger partial charge is 0.466 e. The molecule has 1 aliphatic heterocycles. The third kappa shape index (κ3) is 4.43. The highest BCUT2D eigenvalue weighted by Crippen LogP contribution is 2.28. The first-order chi connectivity index (χ1) is 14.7. The lowest BCUT2D eigenvalue weighted by Gasteiger charge is -2.31. The van der Waals surface area contributed by atoms with Gasteiger partial charge in [0.2, 0.25) is 0 Å². The van der Waals surface area contributed by atoms with Gasteiger partial charge in [-0.3, -0.25) is 9.59 Å². The maximum absolute atomic E-state index is 13.4. The molecule has 1 saturated heterocycles. The topological polar surface area (TPSA) is 51.5 Å². The van der Waals surface area contributed by atoms with Crippen LogP contribution in [0.2, 0.25) is 0 Å². The number of ether oxygens (including phenoxy) is 1. The summed E-state index contributed by atoms with van der Waals surface area (Å²) in [5, 5.41) is 3.19. The van der Waals surface area contributed by atoms with E-state index in [1.54, 1.807) is 11.3 Å². The number of benzene rings is 1. The third-order valence-electron chi connectivity index (χ3n) is 5.74. The molecule has 1 aliphatic rings. The lowest BCUT2D eigenvalue weighted by atomic mass is 9.98. The molecule has 2 aromatic heterocycles. The predicted octanol–water partition coefficient (Wildman–Crippen LogP) is 4.75. The number of nitrogens with zero attached hydrogens (tertiary/aromatic N) is 2. The molecule has 0 aliphatic carbocycles. The molecule has 0 saturated carbocycles. The Bertz CT molecular complexity index is 1010. The van der Waals surface area contributed by atoms with Crippen LogP contribution in [0.15, 0.2) is 47.8 Å². The minimum atomic E-state index is -0.217. The van der Waals surface area contributed by atoms with Crippen molar-refractivity contribution in [1.82, 2.24) is 9.47 Å². The van der Waals surface area contributed by atoms with Gasteiger partial charge in [-0.2, -0.15) is 0 Å². The van der Waals surface area contributed by atoms with E-state index < -0.39 is 0 Å². The zero-order valence-electron chi connectivity index (χ0n) is 17.4. The molecule has 0 N–H and O–H groups in total. The second-order valence-corrected chi connectivity index (χ2v) is 8.69. The Morgan fingerprint density at radius 3 is 2.83 bits per heavy atom. The molecule has 1 fully saturated rings. The Morgan fingerprint density at radius 1 is 1.20 bits per heavy atom. The van der Waals surface area contributed by atoms with Gasteiger partial charge < -0.3 is 14.2 Å². The summed E-state index contributed by atoms with van der Waals surface area (Å²) in [6.07, 6.45) is 3.57. The summed E-state index contributed by atoms with van der Waals surface area (Å²) >= 11 is 1.68. The smallest absolute Gasteiger partial charge is 0.310 e. The van der Waals surface area contributed by atoms with Crippen LogP contribution in [-0.4, -0.2) is 41.0 Å². The van der Waals surface area contributed by atoms with E-state index in [0.29, 0.717) is 19.7 Å². The summed E-state index contributed by atoms with van der Waals surface area (Å²) in [6.45, 7) is 4.13. The minimum Gasteiger partial charge on any atom is -0.466 e. The molecule has 6 heteroatoms. The van der Waals surface area contributed by atoms with Crippen LogP contribution in [0.3, 0.4) is 0 Å². The Hall–Kier alpha value is -2.60. The van der Waals surface area contributed by atoms with Crippen LogP contribution < -0.4 is 0 Å². The molecule has 1 aromatic carbocycles. The summed E-state index contributed by atoms with van der Waals surface area (Å²) in [7, 11) is 0. The number of thiophene rings is 1. The Morgan fingerprint density at radius 2 is 2.03 bits per heavy atom. The van der Waals surface area contributed by atoms with Crippen molar-refractivity contribution >= 4 is 33.4 Å². The van der Waals surface area contributed by atoms with Gasteiger partial charge in [-0.1, -0.05) is 30.3 Å². The van der Waals surface area contributed by atoms with Gasteiger partial charge in [0.15, 0.2) is 0 Å². The fourth-order valence-corrected chi connectivity index (χ4v) is 5.16. The predicted molar refractivity (Wildman–Crippen MR) is 120 cm³/mol. The lowest BCUT2D eigenvalue weighted by molar-refractivity contribution is -0.149. The van der Waals surface area contributed by atoms with Crippen LogP contribution in [0.4, 0.5) is 0 Å². The van der Waals surface area contributed by atoms with Crippen LogP contribution >= 0.6 is 11.3 Å². The van der Waals surface area contributed by atoms with Crippen molar-refractivity contribution in [3.63, 3.8) is 0 Å². The molecule has 158 valence electrons. The normalized spacial score (nSPS) is 16.7. The van der Waals surface area contributed by atoms with Crippen molar-refractivity contribution in [3.05, 3.63) is 59.1 Å². The van der Waals surface area contributed by atoms with Crippen molar-refractivity contribution in [2.24, 2.45) is 5.92 Å². The number of aryl methyl sites for hydroxylation is 2. The summed E-state index contributed by atoms with van der Waals surface area (Å²) in [4.78, 5) is 28.6. The van der Waals surface area contributed by atoms with Gasteiger partial charge >= 0.3 is 5.97 Å². The number of carbonyl (C=O) groups excluding carboxylic acids is 2. The molecule has 1 amide bonds. The van der Waals surface area contributed by atoms with Crippen LogP contribution in [0.25, 0.3) is 10.2 Å². The van der Waals surface area contributed by atoms with Crippen molar-refractivity contribution in [3.8, 4) is 0 Å². The Labute approximate surface area is 181 Å². The van der Waals surface area contributed by atoms with Crippen LogP contribution in [0.1, 0.15) is 42.2 Å². The Kier molecular flexibility index (Phi) is 6.53. The SMILES string of the molecule is CCOC(=O)[C@@H]1CCCN(C(=O)c2cc3ccsc3n2CCCc2ccccc2)C1. The first kappa shape index (κ1) is 20.7. The first-order valence-corrected chi connectivity index (χ1v) is 11.6. The van der Waals surface area contributed by atoms with Gasteiger partial charge in [0.05, 0.1) is 12.5 Å². The second kappa shape index (κ2) is 9.47. The number of hydrogen-bond acceptors (Lipinski definition) is 4. The molecule has 0 radical (unpaired) electrons. The van der Waals surface area contributed by atoms with Crippen LogP contribution in [0.5, 0.6) is 0 Å². The fraction of sp³-hybridized carbons (Fsp3) is 0.417. The van der Waals surface area contributed by atoms with E-state index in [1.165, 1.54) is 5.56 Å². The molecule has 3 heterocycles. The van der Waals surface area contributed by atoms with Gasteiger partial charge in [0, 0.05) is 25.0 Å². The number of likely N-dealkylation sites (tertiary alicyclic amines) is 1. The highest BCUT2D eigenvalue weighted by molar-refractivity contribution is 7.16. The molecule has 0 unspecified atom stereocenters. The number of hydrogen-bond donors (Lipinski definition) is 0. The second-order valence-electron chi connectivity index (χ2n) is 7.79. The molecule has 1 atom stereocenters. The van der Waals surface area contributed by atoms with Crippen molar-refractivity contribution in [2.45, 2.75) is 39.2 Å². The van der Waals surface area contributed by atoms with Crippen LogP contribution in [0, 0.1) is 5.92 Å². The van der Waals surface area contributed by atoms with E-state index in [-0.39, 0.29) is 17.8 Å². The zero-order valence-corrected chi connectivity index (χ0v) is 18.2. The van der Waals surface area contributed by atoms with E-state index in [4.69, 9.17) is 4.74 Å². The van der Waals surface area contributed by atoms with Gasteiger partial charge in [-0.25, -0.2) is 0 Å². The van der Waals surface area contributed by atoms with E-state index >= 15 is 0 Å². The van der Waals surface area contributed by atoms with E-state index in [9.17, 15) is 9.59 Å². The number of piperidine rings is 1. The highest BCUT2D eigenvalue weighted by Gasteiger charge is 2.31. The summed E-state index contributed by atoms with van der Waals surface area (Å²) in [5.74, 6) is -0.383. The van der Waals surface area contributed by atoms with E-state index in [2.05, 4.69) is 40.3 Å². The number of amides is 1. The summed E-state index contributed by atoms with van der Waals surface area (Å²) in [6, 6.07) is 14.5. The number of esters is 1. The molecular formula is C24H28N2O3S. The van der Waals surface area contributed by atoms with E-state index in [0.717, 1.165) is 48.1 Å². The third-order valence-corrected chi connectivity index (χ3v) is 6.69. The van der Waals surface area contributed by atoms with Gasteiger partial charge in [0.25, 0.3) is 5.91 Å². The molecular weight excluding hydrogens is 396 g/mol. The van der Waals surface area contributed by atoms with E-state index in [1.807, 2.05) is 24.0 Å². The molecule has 0 spiro atoms. The maximum Gasteiger partial charge on any atom is 0.310 e. The van der Waals surface area contributed by atoms with Gasteiger partial charge in [-0.15, -0.1) is 11.3 Å². The van der Waals surface area contributed by atoms with Crippen LogP contribution in [-0.2, 0) is 22.5 Å². The number of fused-ring (bicyclic) bond motifs is 1. The fourth-order valence-electron chi connectivity index (χ4n) is 4.24. The number of aromatic nitrogens is 1. The average Bonchev–Trinajstić information content (AvgIpc) is 3.36. The summed E-state index contributed by atoms with van der Waals surface area (Å²) < 4.78 is 7.36. The zero-order chi connectivity index (χ0) is 20.9. The monoisotopic (exact) mass is 424 g/mol. The first-order valence-electron chi connectivity index (χ1n) is 10.7. The number of carbonyl (C=O) groups is 2.